The number of nitrogens with zero attached hydrogens (tertiary/aromatic N) is 1. The second-order valence-corrected chi connectivity index (χ2v) is 5.93. The number of carbonyl (C=O) groups excluding carboxylic acids is 1. The molecule has 20 heavy (non-hydrogen) atoms. The minimum absolute atomic E-state index is 0.00313. The zero-order chi connectivity index (χ0) is 14.2. The zero-order valence-corrected chi connectivity index (χ0v) is 12.1. The molecule has 2 fully saturated rings. The molecule has 2 aliphatic rings. The zero-order valence-electron chi connectivity index (χ0n) is 12.1. The Balaban J connectivity index is 1.57. The number of amides is 1. The van der Waals surface area contributed by atoms with Crippen LogP contribution in [0.4, 0.5) is 0 Å². The minimum Gasteiger partial charge on any atom is -0.465 e. The molecule has 0 unspecified atom stereocenters. The Labute approximate surface area is 119 Å². The Kier molecular flexibility index (Phi) is 3.56. The van der Waals surface area contributed by atoms with E-state index < -0.39 is 0 Å². The molecule has 1 spiro atoms. The van der Waals surface area contributed by atoms with Gasteiger partial charge < -0.3 is 14.5 Å². The number of rotatable bonds is 2. The van der Waals surface area contributed by atoms with Crippen molar-refractivity contribution in [2.45, 2.75) is 44.9 Å². The number of nitrogens with one attached hydrogen (secondary N) is 1. The van der Waals surface area contributed by atoms with Gasteiger partial charge in [-0.1, -0.05) is 0 Å². The fourth-order valence-corrected chi connectivity index (χ4v) is 3.21. The Hall–Kier alpha value is -1.33. The van der Waals surface area contributed by atoms with Crippen molar-refractivity contribution >= 4 is 5.91 Å². The molecule has 0 saturated carbocycles. The number of piperidine rings is 1. The van der Waals surface area contributed by atoms with Crippen molar-refractivity contribution in [2.75, 3.05) is 19.7 Å². The maximum absolute atomic E-state index is 11.3. The predicted molar refractivity (Wildman–Crippen MR) is 74.2 cm³/mol. The monoisotopic (exact) mass is 278 g/mol. The minimum atomic E-state index is -0.177. The lowest BCUT2D eigenvalue weighted by Gasteiger charge is -2.47. The lowest BCUT2D eigenvalue weighted by molar-refractivity contribution is -0.159. The molecule has 3 heterocycles. The number of hydrogen-bond donors (Lipinski definition) is 1. The fraction of sp³-hybridized carbons (Fsp3) is 0.667. The highest BCUT2D eigenvalue weighted by Gasteiger charge is 2.44. The van der Waals surface area contributed by atoms with Gasteiger partial charge in [-0.15, -0.1) is 0 Å². The van der Waals surface area contributed by atoms with Crippen molar-refractivity contribution in [3.05, 3.63) is 23.7 Å². The summed E-state index contributed by atoms with van der Waals surface area (Å²) in [5, 5.41) is 3.01. The first-order chi connectivity index (χ1) is 9.57. The molecule has 0 bridgehead atoms. The molecule has 1 atom stereocenters. The van der Waals surface area contributed by atoms with E-state index in [9.17, 15) is 4.79 Å². The lowest BCUT2D eigenvalue weighted by Crippen LogP contribution is -2.62. The molecule has 2 saturated heterocycles. The van der Waals surface area contributed by atoms with Gasteiger partial charge in [-0.25, -0.2) is 0 Å². The number of morpholine rings is 1. The highest BCUT2D eigenvalue weighted by atomic mass is 16.5. The second-order valence-electron chi connectivity index (χ2n) is 5.93. The summed E-state index contributed by atoms with van der Waals surface area (Å²) in [6.45, 7) is 7.00. The van der Waals surface area contributed by atoms with Crippen molar-refractivity contribution in [3.8, 4) is 0 Å². The topological polar surface area (TPSA) is 54.7 Å². The molecule has 1 N–H and O–H groups in total. The van der Waals surface area contributed by atoms with Crippen LogP contribution in [0, 0.1) is 6.92 Å². The van der Waals surface area contributed by atoms with Crippen LogP contribution in [0.3, 0.4) is 0 Å². The van der Waals surface area contributed by atoms with E-state index in [1.165, 1.54) is 0 Å². The maximum Gasteiger partial charge on any atom is 0.246 e. The summed E-state index contributed by atoms with van der Waals surface area (Å²) in [6, 6.07) is 4.14. The average molecular weight is 278 g/mol. The Morgan fingerprint density at radius 2 is 2.15 bits per heavy atom. The van der Waals surface area contributed by atoms with Crippen molar-refractivity contribution in [1.29, 1.82) is 0 Å². The summed E-state index contributed by atoms with van der Waals surface area (Å²) in [5.41, 5.74) is -0.177. The third kappa shape index (κ3) is 2.60. The highest BCUT2D eigenvalue weighted by Crippen LogP contribution is 2.32. The van der Waals surface area contributed by atoms with Crippen molar-refractivity contribution in [2.24, 2.45) is 0 Å². The number of hydrogen-bond acceptors (Lipinski definition) is 4. The van der Waals surface area contributed by atoms with Crippen LogP contribution in [0.5, 0.6) is 0 Å². The average Bonchev–Trinajstić information content (AvgIpc) is 2.82. The van der Waals surface area contributed by atoms with Crippen LogP contribution in [0.2, 0.25) is 0 Å². The third-order valence-electron chi connectivity index (χ3n) is 4.54. The standard InChI is InChI=1S/C15H22N2O3/c1-11-3-4-13(20-11)9-17-7-5-15(6-8-17)12(2)16-14(18)10-19-15/h3-4,12H,5-10H2,1-2H3,(H,16,18)/t12-/m0/s1. The van der Waals surface area contributed by atoms with Gasteiger partial charge in [0.05, 0.1) is 18.2 Å². The molecule has 1 aromatic heterocycles. The first-order valence-electron chi connectivity index (χ1n) is 7.28. The molecular weight excluding hydrogens is 256 g/mol. The highest BCUT2D eigenvalue weighted by molar-refractivity contribution is 5.78. The number of carbonyl (C=O) groups is 1. The van der Waals surface area contributed by atoms with Gasteiger partial charge in [0, 0.05) is 13.1 Å². The van der Waals surface area contributed by atoms with Gasteiger partial charge in [-0.2, -0.15) is 0 Å². The van der Waals surface area contributed by atoms with Gasteiger partial charge in [0.2, 0.25) is 5.91 Å². The molecule has 1 aromatic rings. The van der Waals surface area contributed by atoms with E-state index in [1.54, 1.807) is 0 Å². The molecule has 110 valence electrons. The Morgan fingerprint density at radius 1 is 1.40 bits per heavy atom. The van der Waals surface area contributed by atoms with Gasteiger partial charge in [-0.3, -0.25) is 9.69 Å². The van der Waals surface area contributed by atoms with E-state index >= 15 is 0 Å². The predicted octanol–water partition coefficient (Wildman–Crippen LogP) is 1.46. The van der Waals surface area contributed by atoms with Gasteiger partial charge in [0.15, 0.2) is 0 Å². The van der Waals surface area contributed by atoms with Crippen LogP contribution in [0.25, 0.3) is 0 Å². The van der Waals surface area contributed by atoms with Crippen LogP contribution in [0.15, 0.2) is 16.5 Å². The van der Waals surface area contributed by atoms with Gasteiger partial charge in [0.1, 0.15) is 18.1 Å². The summed E-state index contributed by atoms with van der Waals surface area (Å²) < 4.78 is 11.5. The van der Waals surface area contributed by atoms with Crippen LogP contribution in [-0.2, 0) is 16.1 Å². The first-order valence-corrected chi connectivity index (χ1v) is 7.28. The van der Waals surface area contributed by atoms with Crippen LogP contribution in [-0.4, -0.2) is 42.1 Å². The van der Waals surface area contributed by atoms with Crippen LogP contribution in [0.1, 0.15) is 31.3 Å². The van der Waals surface area contributed by atoms with E-state index in [4.69, 9.17) is 9.15 Å². The molecule has 0 radical (unpaired) electrons. The van der Waals surface area contributed by atoms with E-state index in [0.717, 1.165) is 44.0 Å². The van der Waals surface area contributed by atoms with Gasteiger partial charge in [-0.05, 0) is 38.8 Å². The molecule has 0 aliphatic carbocycles. The molecule has 5 nitrogen and oxygen atoms in total. The molecular formula is C15H22N2O3. The fourth-order valence-electron chi connectivity index (χ4n) is 3.21. The second kappa shape index (κ2) is 5.22. The third-order valence-corrected chi connectivity index (χ3v) is 4.54. The maximum atomic E-state index is 11.3. The van der Waals surface area contributed by atoms with Gasteiger partial charge in [0.25, 0.3) is 0 Å². The lowest BCUT2D eigenvalue weighted by atomic mass is 9.83. The number of furan rings is 1. The summed E-state index contributed by atoms with van der Waals surface area (Å²) in [7, 11) is 0. The normalized spacial score (nSPS) is 26.7. The van der Waals surface area contributed by atoms with E-state index in [-0.39, 0.29) is 24.2 Å². The van der Waals surface area contributed by atoms with Crippen molar-refractivity contribution in [1.82, 2.24) is 10.2 Å². The number of likely N-dealkylation sites (tertiary alicyclic amines) is 1. The van der Waals surface area contributed by atoms with E-state index in [1.807, 2.05) is 26.0 Å². The van der Waals surface area contributed by atoms with E-state index in [2.05, 4.69) is 10.2 Å². The number of aryl methyl sites for hydroxylation is 1. The Bertz CT molecular complexity index is 489. The molecule has 2 aliphatic heterocycles. The quantitative estimate of drug-likeness (QED) is 0.890. The molecule has 3 rings (SSSR count). The molecule has 5 heteroatoms. The number of ether oxygens (including phenoxy) is 1. The summed E-state index contributed by atoms with van der Waals surface area (Å²) >= 11 is 0. The summed E-state index contributed by atoms with van der Waals surface area (Å²) in [4.78, 5) is 13.7. The van der Waals surface area contributed by atoms with Crippen molar-refractivity contribution < 1.29 is 13.9 Å². The van der Waals surface area contributed by atoms with Crippen LogP contribution >= 0.6 is 0 Å². The molecule has 0 aromatic carbocycles. The molecule has 1 amide bonds. The van der Waals surface area contributed by atoms with Crippen molar-refractivity contribution in [3.63, 3.8) is 0 Å². The largest absolute Gasteiger partial charge is 0.465 e. The van der Waals surface area contributed by atoms with E-state index in [0.29, 0.717) is 0 Å². The first kappa shape index (κ1) is 13.6. The van der Waals surface area contributed by atoms with Crippen LogP contribution < -0.4 is 5.32 Å². The smallest absolute Gasteiger partial charge is 0.246 e. The Morgan fingerprint density at radius 3 is 2.75 bits per heavy atom. The SMILES string of the molecule is Cc1ccc(CN2CCC3(CC2)OCC(=O)N[C@H]3C)o1. The van der Waals surface area contributed by atoms with Gasteiger partial charge >= 0.3 is 0 Å². The summed E-state index contributed by atoms with van der Waals surface area (Å²) in [6.07, 6.45) is 1.91. The summed E-state index contributed by atoms with van der Waals surface area (Å²) in [5.74, 6) is 1.97.